The van der Waals surface area contributed by atoms with Crippen LogP contribution in [0.3, 0.4) is 0 Å². The highest BCUT2D eigenvalue weighted by Gasteiger charge is 1.83. The lowest BCUT2D eigenvalue weighted by Crippen LogP contribution is -1.81. The van der Waals surface area contributed by atoms with Crippen molar-refractivity contribution < 1.29 is 9.53 Å². The molecule has 0 unspecified atom stereocenters. The van der Waals surface area contributed by atoms with E-state index in [4.69, 9.17) is 4.74 Å². The minimum atomic E-state index is 0.688. The van der Waals surface area contributed by atoms with Crippen molar-refractivity contribution in [3.8, 4) is 0 Å². The summed E-state index contributed by atoms with van der Waals surface area (Å²) in [6.45, 7) is 0.688. The monoisotopic (exact) mass is 156 g/mol. The summed E-state index contributed by atoms with van der Waals surface area (Å²) in [4.78, 5) is 9.90. The van der Waals surface area contributed by atoms with Crippen molar-refractivity contribution in [3.63, 3.8) is 0 Å². The van der Waals surface area contributed by atoms with E-state index < -0.39 is 0 Å². The lowest BCUT2D eigenvalue weighted by Gasteiger charge is -1.91. The highest BCUT2D eigenvalue weighted by Crippen LogP contribution is 1.98. The average molecular weight is 156 g/mol. The molecule has 0 atom stereocenters. The van der Waals surface area contributed by atoms with Gasteiger partial charge in [0.2, 0.25) is 0 Å². The molecule has 0 radical (unpaired) electrons. The van der Waals surface area contributed by atoms with Crippen molar-refractivity contribution in [1.82, 2.24) is 0 Å². The van der Waals surface area contributed by atoms with Crippen molar-refractivity contribution >= 4 is 6.29 Å². The molecule has 0 bridgehead atoms. The lowest BCUT2D eigenvalue weighted by atomic mass is 10.2. The lowest BCUT2D eigenvalue weighted by molar-refractivity contribution is -0.107. The molecule has 0 rings (SSSR count). The van der Waals surface area contributed by atoms with Crippen molar-refractivity contribution in [3.05, 3.63) is 12.2 Å². The van der Waals surface area contributed by atoms with E-state index in [1.54, 1.807) is 7.11 Å². The molecule has 0 aromatic carbocycles. The highest BCUT2D eigenvalue weighted by atomic mass is 16.5. The van der Waals surface area contributed by atoms with E-state index in [2.05, 4.69) is 6.08 Å². The molecular formula is C9H16O2. The summed E-state index contributed by atoms with van der Waals surface area (Å²) in [5.41, 5.74) is 0. The molecule has 0 aromatic heterocycles. The largest absolute Gasteiger partial charge is 0.381 e. The normalized spacial score (nSPS) is 10.6. The van der Waals surface area contributed by atoms with Gasteiger partial charge in [0.05, 0.1) is 6.61 Å². The molecule has 11 heavy (non-hydrogen) atoms. The van der Waals surface area contributed by atoms with Gasteiger partial charge in [-0.3, -0.25) is 0 Å². The molecule has 0 fully saturated rings. The first-order chi connectivity index (χ1) is 5.41. The fraction of sp³-hybridized carbons (Fsp3) is 0.667. The molecule has 64 valence electrons. The molecule has 2 heteroatoms. The van der Waals surface area contributed by atoms with E-state index in [9.17, 15) is 4.79 Å². The Kier molecular flexibility index (Phi) is 8.83. The first-order valence-electron chi connectivity index (χ1n) is 3.99. The molecule has 2 nitrogen and oxygen atoms in total. The third-order valence-electron chi connectivity index (χ3n) is 1.37. The summed E-state index contributed by atoms with van der Waals surface area (Å²) >= 11 is 0. The fourth-order valence-electron chi connectivity index (χ4n) is 0.772. The maximum Gasteiger partial charge on any atom is 0.119 e. The Labute approximate surface area is 68.2 Å². The van der Waals surface area contributed by atoms with Crippen molar-refractivity contribution in [2.45, 2.75) is 25.7 Å². The van der Waals surface area contributed by atoms with Gasteiger partial charge in [0.25, 0.3) is 0 Å². The van der Waals surface area contributed by atoms with Gasteiger partial charge >= 0.3 is 0 Å². The van der Waals surface area contributed by atoms with Crippen LogP contribution in [0.2, 0.25) is 0 Å². The predicted octanol–water partition coefficient (Wildman–Crippen LogP) is 1.95. The van der Waals surface area contributed by atoms with Crippen LogP contribution >= 0.6 is 0 Å². The second kappa shape index (κ2) is 9.37. The number of allylic oxidation sites excluding steroid dienone is 1. The number of methoxy groups -OCH3 is 1. The second-order valence-electron chi connectivity index (χ2n) is 2.38. The molecule has 0 aliphatic carbocycles. The third-order valence-corrected chi connectivity index (χ3v) is 1.37. The Bertz CT molecular complexity index is 108. The molecule has 0 aromatic rings. The van der Waals surface area contributed by atoms with E-state index in [1.165, 1.54) is 0 Å². The number of hydrogen-bond acceptors (Lipinski definition) is 2. The zero-order chi connectivity index (χ0) is 8.36. The van der Waals surface area contributed by atoms with Crippen LogP contribution in [0.5, 0.6) is 0 Å². The highest BCUT2D eigenvalue weighted by molar-refractivity contribution is 5.48. The predicted molar refractivity (Wildman–Crippen MR) is 45.5 cm³/mol. The topological polar surface area (TPSA) is 26.3 Å². The first-order valence-corrected chi connectivity index (χ1v) is 3.99. The number of carbonyl (C=O) groups excluding carboxylic acids is 1. The maximum atomic E-state index is 9.90. The SMILES string of the molecule is COC/C=C/CCCCC=O. The van der Waals surface area contributed by atoms with Crippen molar-refractivity contribution in [1.29, 1.82) is 0 Å². The van der Waals surface area contributed by atoms with Gasteiger partial charge in [-0.2, -0.15) is 0 Å². The quantitative estimate of drug-likeness (QED) is 0.320. The van der Waals surface area contributed by atoms with Gasteiger partial charge in [0.1, 0.15) is 6.29 Å². The molecule has 0 aliphatic heterocycles. The van der Waals surface area contributed by atoms with Crippen LogP contribution in [0.25, 0.3) is 0 Å². The fourth-order valence-corrected chi connectivity index (χ4v) is 0.772. The molecule has 0 saturated heterocycles. The first kappa shape index (κ1) is 10.4. The van der Waals surface area contributed by atoms with Gasteiger partial charge in [0.15, 0.2) is 0 Å². The zero-order valence-corrected chi connectivity index (χ0v) is 7.08. The van der Waals surface area contributed by atoms with Crippen molar-refractivity contribution in [2.75, 3.05) is 13.7 Å². The molecule has 0 aliphatic rings. The van der Waals surface area contributed by atoms with E-state index >= 15 is 0 Å². The van der Waals surface area contributed by atoms with E-state index in [0.29, 0.717) is 13.0 Å². The number of aldehydes is 1. The van der Waals surface area contributed by atoms with Gasteiger partial charge in [-0.1, -0.05) is 12.2 Å². The molecule has 0 heterocycles. The van der Waals surface area contributed by atoms with Crippen molar-refractivity contribution in [2.24, 2.45) is 0 Å². The number of ether oxygens (including phenoxy) is 1. The number of hydrogen-bond donors (Lipinski definition) is 0. The van der Waals surface area contributed by atoms with Gasteiger partial charge in [0, 0.05) is 13.5 Å². The van der Waals surface area contributed by atoms with Crippen LogP contribution < -0.4 is 0 Å². The Morgan fingerprint density at radius 2 is 1.91 bits per heavy atom. The van der Waals surface area contributed by atoms with Crippen LogP contribution in [-0.4, -0.2) is 20.0 Å². The molecule has 0 N–H and O–H groups in total. The number of unbranched alkanes of at least 4 members (excludes halogenated alkanes) is 3. The van der Waals surface area contributed by atoms with Gasteiger partial charge in [-0.15, -0.1) is 0 Å². The summed E-state index contributed by atoms with van der Waals surface area (Å²) < 4.78 is 4.83. The van der Waals surface area contributed by atoms with Crippen LogP contribution in [0.4, 0.5) is 0 Å². The molecule has 0 saturated carbocycles. The third kappa shape index (κ3) is 9.37. The van der Waals surface area contributed by atoms with Gasteiger partial charge < -0.3 is 9.53 Å². The van der Waals surface area contributed by atoms with E-state index in [1.807, 2.05) is 6.08 Å². The molecular weight excluding hydrogens is 140 g/mol. The average Bonchev–Trinajstić information content (AvgIpc) is 2.03. The standard InChI is InChI=1S/C9H16O2/c1-11-9-7-5-3-2-4-6-8-10/h5,7-8H,2-4,6,9H2,1H3/b7-5+. The minimum absolute atomic E-state index is 0.688. The second-order valence-corrected chi connectivity index (χ2v) is 2.38. The van der Waals surface area contributed by atoms with Crippen LogP contribution in [-0.2, 0) is 9.53 Å². The Hall–Kier alpha value is -0.630. The summed E-state index contributed by atoms with van der Waals surface area (Å²) in [7, 11) is 1.68. The smallest absolute Gasteiger partial charge is 0.119 e. The van der Waals surface area contributed by atoms with Crippen LogP contribution in [0, 0.1) is 0 Å². The minimum Gasteiger partial charge on any atom is -0.381 e. The van der Waals surface area contributed by atoms with Gasteiger partial charge in [-0.25, -0.2) is 0 Å². The zero-order valence-electron chi connectivity index (χ0n) is 7.08. The summed E-state index contributed by atoms with van der Waals surface area (Å²) in [5.74, 6) is 0. The Balaban J connectivity index is 2.94. The summed E-state index contributed by atoms with van der Waals surface area (Å²) in [6.07, 6.45) is 8.91. The Morgan fingerprint density at radius 3 is 2.55 bits per heavy atom. The van der Waals surface area contributed by atoms with Gasteiger partial charge in [-0.05, 0) is 19.3 Å². The van der Waals surface area contributed by atoms with Crippen LogP contribution in [0.1, 0.15) is 25.7 Å². The van der Waals surface area contributed by atoms with E-state index in [0.717, 1.165) is 25.5 Å². The van der Waals surface area contributed by atoms with Crippen LogP contribution in [0.15, 0.2) is 12.2 Å². The summed E-state index contributed by atoms with van der Waals surface area (Å²) in [6, 6.07) is 0. The Morgan fingerprint density at radius 1 is 1.18 bits per heavy atom. The maximum absolute atomic E-state index is 9.90. The molecule has 0 amide bonds. The molecule has 0 spiro atoms. The number of rotatable bonds is 7. The van der Waals surface area contributed by atoms with E-state index in [-0.39, 0.29) is 0 Å². The summed E-state index contributed by atoms with van der Waals surface area (Å²) in [5, 5.41) is 0. The number of carbonyl (C=O) groups is 1.